The number of Topliss-reactive ketones (excluding diaryl/α,β-unsaturated/α-hetero) is 1. The zero-order chi connectivity index (χ0) is 27.2. The van der Waals surface area contributed by atoms with Gasteiger partial charge in [0.05, 0.1) is 6.20 Å². The van der Waals surface area contributed by atoms with E-state index in [1.54, 1.807) is 12.1 Å². The highest BCUT2D eigenvalue weighted by Gasteiger charge is 2.31. The third kappa shape index (κ3) is 4.68. The molecule has 5 rings (SSSR count). The number of hydrogen-bond donors (Lipinski definition) is 2. The minimum atomic E-state index is -4.18. The molecule has 0 aliphatic heterocycles. The van der Waals surface area contributed by atoms with Crippen LogP contribution in [-0.4, -0.2) is 34.7 Å². The van der Waals surface area contributed by atoms with Crippen molar-refractivity contribution in [2.24, 2.45) is 0 Å². The Morgan fingerprint density at radius 2 is 1.89 bits per heavy atom. The van der Waals surface area contributed by atoms with Crippen molar-refractivity contribution in [1.82, 2.24) is 24.6 Å². The Bertz CT molecular complexity index is 1720. The van der Waals surface area contributed by atoms with Gasteiger partial charge < -0.3 is 5.32 Å². The molecule has 12 heteroatoms. The lowest BCUT2D eigenvalue weighted by molar-refractivity contribution is 0.0944. The normalized spacial score (nSPS) is 15.0. The molecule has 0 fully saturated rings. The van der Waals surface area contributed by atoms with Gasteiger partial charge in [-0.3, -0.25) is 9.59 Å². The Balaban J connectivity index is 1.42. The highest BCUT2D eigenvalue weighted by atomic mass is 32.2. The highest BCUT2D eigenvalue weighted by molar-refractivity contribution is 7.89. The zero-order valence-electron chi connectivity index (χ0n) is 20.5. The van der Waals surface area contributed by atoms with Crippen LogP contribution < -0.4 is 10.0 Å². The van der Waals surface area contributed by atoms with E-state index in [4.69, 9.17) is 0 Å². The SMILES string of the molecule is CC(=O)c1ccc2c(c1C)CC[C@@H]2NS(=O)(=O)c1cc(C(=O)NCc2ccc(F)c(F)c2)nc2ccnn12. The van der Waals surface area contributed by atoms with Crippen LogP contribution >= 0.6 is 0 Å². The maximum absolute atomic E-state index is 13.5. The first-order valence-electron chi connectivity index (χ1n) is 11.8. The summed E-state index contributed by atoms with van der Waals surface area (Å²) in [5.41, 5.74) is 3.47. The Labute approximate surface area is 216 Å². The van der Waals surface area contributed by atoms with E-state index in [9.17, 15) is 26.8 Å². The molecule has 0 saturated carbocycles. The van der Waals surface area contributed by atoms with Gasteiger partial charge in [0.15, 0.2) is 28.1 Å². The summed E-state index contributed by atoms with van der Waals surface area (Å²) in [7, 11) is -4.18. The number of aromatic nitrogens is 3. The predicted octanol–water partition coefficient (Wildman–Crippen LogP) is 3.41. The number of fused-ring (bicyclic) bond motifs is 2. The number of halogens is 2. The van der Waals surface area contributed by atoms with Crippen LogP contribution in [0.2, 0.25) is 0 Å². The average molecular weight is 540 g/mol. The van der Waals surface area contributed by atoms with E-state index in [-0.39, 0.29) is 28.7 Å². The summed E-state index contributed by atoms with van der Waals surface area (Å²) in [5, 5.41) is 6.31. The summed E-state index contributed by atoms with van der Waals surface area (Å²) in [6, 6.07) is 8.76. The second-order valence-corrected chi connectivity index (χ2v) is 10.7. The summed E-state index contributed by atoms with van der Waals surface area (Å²) in [6.07, 6.45) is 2.48. The fraction of sp³-hybridized carbons (Fsp3) is 0.231. The minimum absolute atomic E-state index is 0.0532. The molecule has 2 N–H and O–H groups in total. The van der Waals surface area contributed by atoms with E-state index >= 15 is 0 Å². The Morgan fingerprint density at radius 1 is 1.11 bits per heavy atom. The van der Waals surface area contributed by atoms with Gasteiger partial charge in [0, 0.05) is 30.3 Å². The molecule has 1 aliphatic carbocycles. The smallest absolute Gasteiger partial charge is 0.270 e. The second kappa shape index (κ2) is 9.69. The van der Waals surface area contributed by atoms with E-state index in [1.165, 1.54) is 25.3 Å². The molecule has 0 bridgehead atoms. The van der Waals surface area contributed by atoms with E-state index in [1.807, 2.05) is 6.92 Å². The number of ketones is 1. The third-order valence-electron chi connectivity index (χ3n) is 6.64. The maximum Gasteiger partial charge on any atom is 0.270 e. The lowest BCUT2D eigenvalue weighted by atomic mass is 9.96. The van der Waals surface area contributed by atoms with Crippen LogP contribution in [0.4, 0.5) is 8.78 Å². The Morgan fingerprint density at radius 3 is 2.63 bits per heavy atom. The van der Waals surface area contributed by atoms with Gasteiger partial charge in [-0.05, 0) is 61.1 Å². The molecule has 1 atom stereocenters. The van der Waals surface area contributed by atoms with Crippen molar-refractivity contribution in [1.29, 1.82) is 0 Å². The van der Waals surface area contributed by atoms with Crippen molar-refractivity contribution in [2.45, 2.75) is 44.3 Å². The highest BCUT2D eigenvalue weighted by Crippen LogP contribution is 2.35. The van der Waals surface area contributed by atoms with Crippen LogP contribution in [-0.2, 0) is 23.0 Å². The summed E-state index contributed by atoms with van der Waals surface area (Å²) < 4.78 is 57.6. The monoisotopic (exact) mass is 539 g/mol. The summed E-state index contributed by atoms with van der Waals surface area (Å²) in [5.74, 6) is -2.80. The molecule has 2 heterocycles. The average Bonchev–Trinajstić information content (AvgIpc) is 3.51. The van der Waals surface area contributed by atoms with Crippen LogP contribution in [0.3, 0.4) is 0 Å². The maximum atomic E-state index is 13.5. The number of sulfonamides is 1. The number of nitrogens with one attached hydrogen (secondary N) is 2. The molecular weight excluding hydrogens is 516 g/mol. The first kappa shape index (κ1) is 25.6. The van der Waals surface area contributed by atoms with Crippen molar-refractivity contribution < 1.29 is 26.8 Å². The summed E-state index contributed by atoms with van der Waals surface area (Å²) in [6.45, 7) is 3.23. The summed E-state index contributed by atoms with van der Waals surface area (Å²) in [4.78, 5) is 28.9. The number of carbonyl (C=O) groups is 2. The predicted molar refractivity (Wildman–Crippen MR) is 133 cm³/mol. The molecule has 2 aromatic heterocycles. The Kier molecular flexibility index (Phi) is 6.53. The molecular formula is C26H23F2N5O4S. The van der Waals surface area contributed by atoms with E-state index in [2.05, 4.69) is 20.1 Å². The van der Waals surface area contributed by atoms with Gasteiger partial charge in [-0.15, -0.1) is 0 Å². The standard InChI is InChI=1S/C26H23F2N5O4S/c1-14-17(15(2)34)4-5-19-18(14)6-8-22(19)32-38(36,37)25-12-23(31-24-9-10-30-33(24)25)26(35)29-13-16-3-7-20(27)21(28)11-16/h3-5,7,9-12,22,32H,6,8,13H2,1-2H3,(H,29,35)/t22-/m0/s1. The lowest BCUT2D eigenvalue weighted by Gasteiger charge is -2.17. The van der Waals surface area contributed by atoms with Gasteiger partial charge in [-0.25, -0.2) is 31.4 Å². The number of hydrogen-bond acceptors (Lipinski definition) is 6. The first-order valence-corrected chi connectivity index (χ1v) is 13.3. The van der Waals surface area contributed by atoms with Gasteiger partial charge in [0.1, 0.15) is 5.69 Å². The summed E-state index contributed by atoms with van der Waals surface area (Å²) >= 11 is 0. The van der Waals surface area contributed by atoms with Gasteiger partial charge in [-0.2, -0.15) is 5.10 Å². The molecule has 2 aromatic carbocycles. The minimum Gasteiger partial charge on any atom is -0.347 e. The zero-order valence-corrected chi connectivity index (χ0v) is 21.3. The van der Waals surface area contributed by atoms with Crippen molar-refractivity contribution in [2.75, 3.05) is 0 Å². The first-order chi connectivity index (χ1) is 18.0. The van der Waals surface area contributed by atoms with Crippen LogP contribution in [0.25, 0.3) is 5.65 Å². The van der Waals surface area contributed by atoms with Gasteiger partial charge in [-0.1, -0.05) is 18.2 Å². The molecule has 1 amide bonds. The van der Waals surface area contributed by atoms with Crippen LogP contribution in [0.15, 0.2) is 53.7 Å². The van der Waals surface area contributed by atoms with E-state index in [0.717, 1.165) is 39.4 Å². The quantitative estimate of drug-likeness (QED) is 0.274. The molecule has 0 saturated heterocycles. The van der Waals surface area contributed by atoms with Crippen LogP contribution in [0.1, 0.15) is 62.5 Å². The molecule has 0 spiro atoms. The van der Waals surface area contributed by atoms with Crippen molar-refractivity contribution >= 4 is 27.4 Å². The van der Waals surface area contributed by atoms with Crippen molar-refractivity contribution in [3.05, 3.63) is 93.8 Å². The largest absolute Gasteiger partial charge is 0.347 e. The number of amides is 1. The van der Waals surface area contributed by atoms with Crippen molar-refractivity contribution in [3.8, 4) is 0 Å². The van der Waals surface area contributed by atoms with Crippen LogP contribution in [0.5, 0.6) is 0 Å². The fourth-order valence-corrected chi connectivity index (χ4v) is 6.12. The molecule has 38 heavy (non-hydrogen) atoms. The third-order valence-corrected chi connectivity index (χ3v) is 8.08. The second-order valence-electron chi connectivity index (χ2n) is 9.09. The molecule has 196 valence electrons. The number of rotatable bonds is 7. The van der Waals surface area contributed by atoms with Gasteiger partial charge in [0.25, 0.3) is 15.9 Å². The van der Waals surface area contributed by atoms with Crippen LogP contribution in [0, 0.1) is 18.6 Å². The van der Waals surface area contributed by atoms with Gasteiger partial charge in [0.2, 0.25) is 0 Å². The van der Waals surface area contributed by atoms with E-state index < -0.39 is 33.6 Å². The fourth-order valence-electron chi connectivity index (χ4n) is 4.75. The van der Waals surface area contributed by atoms with Gasteiger partial charge >= 0.3 is 0 Å². The molecule has 9 nitrogen and oxygen atoms in total. The Hall–Kier alpha value is -4.03. The van der Waals surface area contributed by atoms with Crippen molar-refractivity contribution in [3.63, 3.8) is 0 Å². The van der Waals surface area contributed by atoms with E-state index in [0.29, 0.717) is 24.0 Å². The number of nitrogens with zero attached hydrogens (tertiary/aromatic N) is 3. The number of benzene rings is 2. The molecule has 1 aliphatic rings. The lowest BCUT2D eigenvalue weighted by Crippen LogP contribution is -2.30. The molecule has 0 unspecified atom stereocenters. The molecule has 4 aromatic rings. The number of carbonyl (C=O) groups excluding carboxylic acids is 2. The topological polar surface area (TPSA) is 123 Å². The molecule has 0 radical (unpaired) electrons.